The number of imidazole rings is 1. The van der Waals surface area contributed by atoms with Crippen LogP contribution in [0.5, 0.6) is 17.2 Å². The van der Waals surface area contributed by atoms with Crippen molar-refractivity contribution >= 4 is 22.6 Å². The fourth-order valence-corrected chi connectivity index (χ4v) is 3.94. The number of nitrogens with zero attached hydrogens (tertiary/aromatic N) is 3. The van der Waals surface area contributed by atoms with Crippen molar-refractivity contribution in [2.75, 3.05) is 21.3 Å². The molecule has 0 radical (unpaired) electrons. The molecule has 0 amide bonds. The average Bonchev–Trinajstić information content (AvgIpc) is 3.22. The summed E-state index contributed by atoms with van der Waals surface area (Å²) in [4.78, 5) is 23.1. The van der Waals surface area contributed by atoms with E-state index in [1.165, 1.54) is 0 Å². The van der Waals surface area contributed by atoms with Gasteiger partial charge in [-0.25, -0.2) is 14.4 Å². The summed E-state index contributed by atoms with van der Waals surface area (Å²) in [6.45, 7) is 0. The molecule has 33 heavy (non-hydrogen) atoms. The summed E-state index contributed by atoms with van der Waals surface area (Å²) in [6, 6.07) is 20.6. The van der Waals surface area contributed by atoms with Crippen molar-refractivity contribution in [1.29, 1.82) is 0 Å². The monoisotopic (exact) mass is 439 g/mol. The molecule has 0 unspecified atom stereocenters. The van der Waals surface area contributed by atoms with Crippen molar-refractivity contribution in [3.05, 3.63) is 88.0 Å². The minimum atomic E-state index is -0.161. The van der Waals surface area contributed by atoms with E-state index in [1.807, 2.05) is 66.7 Å². The third-order valence-corrected chi connectivity index (χ3v) is 5.47. The number of aromatic nitrogens is 3. The third-order valence-electron chi connectivity index (χ3n) is 5.47. The first kappa shape index (κ1) is 20.5. The smallest absolute Gasteiger partial charge is 0.267 e. The Balaban J connectivity index is 1.86. The van der Waals surface area contributed by atoms with Gasteiger partial charge in [-0.1, -0.05) is 42.5 Å². The molecule has 0 aliphatic rings. The fourth-order valence-electron chi connectivity index (χ4n) is 3.94. The summed E-state index contributed by atoms with van der Waals surface area (Å²) in [5.41, 5.74) is 2.53. The van der Waals surface area contributed by atoms with Crippen LogP contribution in [-0.4, -0.2) is 35.7 Å². The van der Waals surface area contributed by atoms with Crippen molar-refractivity contribution in [1.82, 2.24) is 14.4 Å². The zero-order valence-corrected chi connectivity index (χ0v) is 18.4. The molecule has 3 aromatic carbocycles. The minimum Gasteiger partial charge on any atom is -0.493 e. The van der Waals surface area contributed by atoms with Crippen LogP contribution in [0.3, 0.4) is 0 Å². The van der Waals surface area contributed by atoms with Crippen LogP contribution < -0.4 is 25.1 Å². The number of ether oxygens (including phenoxy) is 3. The van der Waals surface area contributed by atoms with E-state index in [0.29, 0.717) is 45.0 Å². The third kappa shape index (κ3) is 3.43. The number of para-hydroxylation sites is 1. The number of rotatable bonds is 5. The molecule has 0 fully saturated rings. The second-order valence-electron chi connectivity index (χ2n) is 7.38. The molecule has 0 saturated heterocycles. The molecular formula is C26H21N3O4. The van der Waals surface area contributed by atoms with Gasteiger partial charge in [0.25, 0.3) is 5.56 Å². The van der Waals surface area contributed by atoms with Gasteiger partial charge in [0.05, 0.1) is 32.2 Å². The zero-order valence-electron chi connectivity index (χ0n) is 18.4. The van der Waals surface area contributed by atoms with Crippen LogP contribution in [0.2, 0.25) is 0 Å². The molecule has 0 aliphatic carbocycles. The van der Waals surface area contributed by atoms with Crippen molar-refractivity contribution in [3.8, 4) is 28.6 Å². The molecule has 2 aromatic heterocycles. The summed E-state index contributed by atoms with van der Waals surface area (Å²) < 4.78 is 18.0. The lowest BCUT2D eigenvalue weighted by Crippen LogP contribution is -2.17. The largest absolute Gasteiger partial charge is 0.493 e. The lowest BCUT2D eigenvalue weighted by atomic mass is 10.1. The Morgan fingerprint density at radius 2 is 1.48 bits per heavy atom. The Bertz CT molecular complexity index is 1570. The summed E-state index contributed by atoms with van der Waals surface area (Å²) >= 11 is 0. The molecule has 0 spiro atoms. The highest BCUT2D eigenvalue weighted by atomic mass is 16.5. The molecule has 2 heterocycles. The Morgan fingerprint density at radius 1 is 0.818 bits per heavy atom. The van der Waals surface area contributed by atoms with Crippen LogP contribution in [0.15, 0.2) is 71.5 Å². The van der Waals surface area contributed by atoms with E-state index in [9.17, 15) is 4.79 Å². The van der Waals surface area contributed by atoms with Gasteiger partial charge in [0.15, 0.2) is 17.1 Å². The molecular weight excluding hydrogens is 418 g/mol. The second kappa shape index (κ2) is 8.27. The predicted octanol–water partition coefficient (Wildman–Crippen LogP) is 3.48. The highest BCUT2D eigenvalue weighted by Gasteiger charge is 2.17. The van der Waals surface area contributed by atoms with Gasteiger partial charge in [-0.2, -0.15) is 0 Å². The Kier molecular flexibility index (Phi) is 5.14. The summed E-state index contributed by atoms with van der Waals surface area (Å²) in [5.74, 6) is 2.09. The van der Waals surface area contributed by atoms with E-state index < -0.39 is 0 Å². The standard InChI is InChI=1S/C26H21N3O4/c1-31-21-14-16(15-22(32-2)23(21)33-3)13-20-25-27-19-12-8-7-11-18(19)26(30)29(25)24(28-20)17-9-5-4-6-10-17/h4-15H,1-3H3/b20-13-. The van der Waals surface area contributed by atoms with E-state index in [0.717, 1.165) is 11.1 Å². The fraction of sp³-hybridized carbons (Fsp3) is 0.115. The lowest BCUT2D eigenvalue weighted by Gasteiger charge is -2.12. The Morgan fingerprint density at radius 3 is 2.15 bits per heavy atom. The van der Waals surface area contributed by atoms with Crippen LogP contribution in [-0.2, 0) is 0 Å². The van der Waals surface area contributed by atoms with Crippen molar-refractivity contribution in [2.45, 2.75) is 0 Å². The zero-order chi connectivity index (χ0) is 22.9. The van der Waals surface area contributed by atoms with Gasteiger partial charge < -0.3 is 14.2 Å². The maximum Gasteiger partial charge on any atom is 0.267 e. The molecule has 7 heteroatoms. The molecule has 0 bridgehead atoms. The molecule has 5 aromatic rings. The first-order chi connectivity index (χ1) is 16.1. The van der Waals surface area contributed by atoms with Gasteiger partial charge in [-0.3, -0.25) is 4.79 Å². The van der Waals surface area contributed by atoms with Gasteiger partial charge >= 0.3 is 0 Å². The molecule has 5 rings (SSSR count). The van der Waals surface area contributed by atoms with Crippen molar-refractivity contribution in [2.24, 2.45) is 0 Å². The van der Waals surface area contributed by atoms with Crippen LogP contribution >= 0.6 is 0 Å². The number of benzene rings is 3. The van der Waals surface area contributed by atoms with E-state index in [4.69, 9.17) is 24.2 Å². The molecule has 7 nitrogen and oxygen atoms in total. The molecule has 164 valence electrons. The summed E-state index contributed by atoms with van der Waals surface area (Å²) in [5, 5.41) is 1.10. The quantitative estimate of drug-likeness (QED) is 0.417. The summed E-state index contributed by atoms with van der Waals surface area (Å²) in [7, 11) is 4.69. The van der Waals surface area contributed by atoms with Crippen LogP contribution in [0.1, 0.15) is 5.56 Å². The molecule has 0 N–H and O–H groups in total. The first-order valence-corrected chi connectivity index (χ1v) is 10.3. The van der Waals surface area contributed by atoms with Crippen LogP contribution in [0.25, 0.3) is 34.0 Å². The average molecular weight is 439 g/mol. The van der Waals surface area contributed by atoms with Gasteiger partial charge in [-0.05, 0) is 35.9 Å². The van der Waals surface area contributed by atoms with Gasteiger partial charge in [0.2, 0.25) is 5.75 Å². The number of methoxy groups -OCH3 is 3. The second-order valence-corrected chi connectivity index (χ2v) is 7.38. The minimum absolute atomic E-state index is 0.161. The lowest BCUT2D eigenvalue weighted by molar-refractivity contribution is 0.324. The molecule has 0 saturated carbocycles. The number of fused-ring (bicyclic) bond motifs is 2. The van der Waals surface area contributed by atoms with Gasteiger partial charge in [0.1, 0.15) is 11.2 Å². The summed E-state index contributed by atoms with van der Waals surface area (Å²) in [6.07, 6.45) is 1.85. The van der Waals surface area contributed by atoms with E-state index >= 15 is 0 Å². The SMILES string of the molecule is COc1cc(/C=c2\nc(-c3ccccc3)n3c(=O)c4ccccc4nc23)cc(OC)c1OC. The number of hydrogen-bond donors (Lipinski definition) is 0. The van der Waals surface area contributed by atoms with Crippen molar-refractivity contribution in [3.63, 3.8) is 0 Å². The number of hydrogen-bond acceptors (Lipinski definition) is 6. The maximum atomic E-state index is 13.4. The van der Waals surface area contributed by atoms with E-state index in [-0.39, 0.29) is 5.56 Å². The first-order valence-electron chi connectivity index (χ1n) is 10.3. The predicted molar refractivity (Wildman–Crippen MR) is 127 cm³/mol. The molecule has 0 aliphatic heterocycles. The molecule has 0 atom stereocenters. The Labute approximate surface area is 189 Å². The van der Waals surface area contributed by atoms with Gasteiger partial charge in [-0.15, -0.1) is 0 Å². The van der Waals surface area contributed by atoms with E-state index in [1.54, 1.807) is 31.8 Å². The topological polar surface area (TPSA) is 75.0 Å². The van der Waals surface area contributed by atoms with Crippen LogP contribution in [0, 0.1) is 0 Å². The highest BCUT2D eigenvalue weighted by Crippen LogP contribution is 2.38. The van der Waals surface area contributed by atoms with E-state index in [2.05, 4.69) is 0 Å². The van der Waals surface area contributed by atoms with Crippen molar-refractivity contribution < 1.29 is 14.2 Å². The van der Waals surface area contributed by atoms with Gasteiger partial charge in [0, 0.05) is 5.56 Å². The Hall–Kier alpha value is -4.39. The normalized spacial score (nSPS) is 11.8. The highest BCUT2D eigenvalue weighted by molar-refractivity contribution is 5.81. The maximum absolute atomic E-state index is 13.4. The van der Waals surface area contributed by atoms with Crippen LogP contribution in [0.4, 0.5) is 0 Å².